The number of halogens is 3. The molecule has 0 atom stereocenters. The van der Waals surface area contributed by atoms with E-state index in [1.807, 2.05) is 4.90 Å². The third-order valence-corrected chi connectivity index (χ3v) is 5.05. The molecule has 1 aromatic carbocycles. The second-order valence-corrected chi connectivity index (χ2v) is 7.02. The van der Waals surface area contributed by atoms with Crippen molar-refractivity contribution in [2.75, 3.05) is 36.0 Å². The lowest BCUT2D eigenvalue weighted by atomic mass is 10.2. The van der Waals surface area contributed by atoms with Crippen LogP contribution in [0.25, 0.3) is 11.0 Å². The molecule has 1 saturated heterocycles. The van der Waals surface area contributed by atoms with Crippen LogP contribution < -0.4 is 9.80 Å². The SMILES string of the molecule is N#Cc1ccc(N2CCCN(c3nc4ccc([N+](=O)[O-])cc4[nH]3)CC2)nc1C(F)(F)F. The molecular weight excluding hydrogens is 415 g/mol. The van der Waals surface area contributed by atoms with Gasteiger partial charge in [0.1, 0.15) is 11.9 Å². The third kappa shape index (κ3) is 4.07. The van der Waals surface area contributed by atoms with E-state index in [1.165, 1.54) is 24.3 Å². The van der Waals surface area contributed by atoms with E-state index in [-0.39, 0.29) is 11.5 Å². The number of non-ortho nitro benzene ring substituents is 1. The van der Waals surface area contributed by atoms with E-state index in [1.54, 1.807) is 11.0 Å². The van der Waals surface area contributed by atoms with Gasteiger partial charge in [-0.2, -0.15) is 18.4 Å². The lowest BCUT2D eigenvalue weighted by Gasteiger charge is -2.23. The van der Waals surface area contributed by atoms with Crippen LogP contribution in [0.15, 0.2) is 30.3 Å². The zero-order chi connectivity index (χ0) is 22.2. The van der Waals surface area contributed by atoms with Crippen molar-refractivity contribution >= 4 is 28.5 Å². The number of benzene rings is 1. The summed E-state index contributed by atoms with van der Waals surface area (Å²) in [6.07, 6.45) is -4.07. The minimum absolute atomic E-state index is 0.0444. The Labute approximate surface area is 173 Å². The smallest absolute Gasteiger partial charge is 0.355 e. The molecule has 0 radical (unpaired) electrons. The first kappa shape index (κ1) is 20.4. The molecule has 2 aromatic heterocycles. The van der Waals surface area contributed by atoms with Crippen LogP contribution in [-0.4, -0.2) is 46.1 Å². The van der Waals surface area contributed by atoms with E-state index < -0.39 is 22.4 Å². The van der Waals surface area contributed by atoms with Crippen molar-refractivity contribution in [2.24, 2.45) is 0 Å². The fourth-order valence-corrected chi connectivity index (χ4v) is 3.54. The van der Waals surface area contributed by atoms with Gasteiger partial charge >= 0.3 is 6.18 Å². The van der Waals surface area contributed by atoms with Crippen LogP contribution in [0, 0.1) is 21.4 Å². The van der Waals surface area contributed by atoms with Gasteiger partial charge in [0, 0.05) is 38.3 Å². The van der Waals surface area contributed by atoms with Gasteiger partial charge in [-0.25, -0.2) is 9.97 Å². The van der Waals surface area contributed by atoms with E-state index in [4.69, 9.17) is 5.26 Å². The number of hydrogen-bond acceptors (Lipinski definition) is 7. The van der Waals surface area contributed by atoms with Crippen molar-refractivity contribution in [1.82, 2.24) is 15.0 Å². The summed E-state index contributed by atoms with van der Waals surface area (Å²) in [6, 6.07) is 8.45. The van der Waals surface area contributed by atoms with Crippen molar-refractivity contribution in [3.8, 4) is 6.07 Å². The van der Waals surface area contributed by atoms with Crippen molar-refractivity contribution < 1.29 is 18.1 Å². The number of pyridine rings is 1. The molecule has 12 heteroatoms. The molecule has 1 aliphatic rings. The maximum Gasteiger partial charge on any atom is 0.434 e. The Balaban J connectivity index is 1.55. The summed E-state index contributed by atoms with van der Waals surface area (Å²) in [4.78, 5) is 25.4. The summed E-state index contributed by atoms with van der Waals surface area (Å²) in [5, 5.41) is 19.9. The normalized spacial score (nSPS) is 15.0. The van der Waals surface area contributed by atoms with Gasteiger partial charge in [-0.05, 0) is 24.6 Å². The number of aromatic amines is 1. The summed E-state index contributed by atoms with van der Waals surface area (Å²) in [5.41, 5.74) is -0.618. The number of nitro groups is 1. The van der Waals surface area contributed by atoms with Crippen LogP contribution in [0.1, 0.15) is 17.7 Å². The van der Waals surface area contributed by atoms with Crippen LogP contribution in [0.2, 0.25) is 0 Å². The molecule has 0 spiro atoms. The summed E-state index contributed by atoms with van der Waals surface area (Å²) in [6.45, 7) is 1.94. The van der Waals surface area contributed by atoms with E-state index in [2.05, 4.69) is 15.0 Å². The number of H-pyrrole nitrogens is 1. The maximum atomic E-state index is 13.2. The zero-order valence-corrected chi connectivity index (χ0v) is 16.1. The highest BCUT2D eigenvalue weighted by Gasteiger charge is 2.36. The third-order valence-electron chi connectivity index (χ3n) is 5.05. The van der Waals surface area contributed by atoms with Gasteiger partial charge in [-0.1, -0.05) is 0 Å². The van der Waals surface area contributed by atoms with Gasteiger partial charge < -0.3 is 14.8 Å². The highest BCUT2D eigenvalue weighted by molar-refractivity contribution is 5.80. The van der Waals surface area contributed by atoms with Crippen LogP contribution in [-0.2, 0) is 6.18 Å². The Morgan fingerprint density at radius 1 is 1.10 bits per heavy atom. The van der Waals surface area contributed by atoms with Crippen LogP contribution in [0.3, 0.4) is 0 Å². The molecule has 0 saturated carbocycles. The number of hydrogen-bond donors (Lipinski definition) is 1. The molecule has 160 valence electrons. The fourth-order valence-electron chi connectivity index (χ4n) is 3.54. The summed E-state index contributed by atoms with van der Waals surface area (Å²) >= 11 is 0. The van der Waals surface area contributed by atoms with Gasteiger partial charge in [-0.3, -0.25) is 10.1 Å². The number of nitro benzene ring substituents is 1. The summed E-state index contributed by atoms with van der Waals surface area (Å²) < 4.78 is 39.7. The Morgan fingerprint density at radius 2 is 1.84 bits per heavy atom. The van der Waals surface area contributed by atoms with Gasteiger partial charge in [0.05, 0.1) is 21.5 Å². The molecule has 0 aliphatic carbocycles. The van der Waals surface area contributed by atoms with E-state index in [0.717, 1.165) is 6.07 Å². The Morgan fingerprint density at radius 3 is 2.55 bits per heavy atom. The lowest BCUT2D eigenvalue weighted by Crippen LogP contribution is -2.32. The van der Waals surface area contributed by atoms with Crippen molar-refractivity contribution in [3.05, 3.63) is 51.7 Å². The quantitative estimate of drug-likeness (QED) is 0.499. The van der Waals surface area contributed by atoms with E-state index in [0.29, 0.717) is 49.6 Å². The van der Waals surface area contributed by atoms with Crippen molar-refractivity contribution in [2.45, 2.75) is 12.6 Å². The number of imidazole rings is 1. The number of rotatable bonds is 3. The average molecular weight is 431 g/mol. The summed E-state index contributed by atoms with van der Waals surface area (Å²) in [5.74, 6) is 0.703. The highest BCUT2D eigenvalue weighted by atomic mass is 19.4. The number of anilines is 2. The average Bonchev–Trinajstić information content (AvgIpc) is 3.00. The maximum absolute atomic E-state index is 13.2. The molecule has 1 aliphatic heterocycles. The standard InChI is InChI=1S/C19H16F3N7O2/c20-19(21,22)17-12(11-23)2-5-16(26-17)27-6-1-7-28(9-8-27)18-24-14-4-3-13(29(30)31)10-15(14)25-18/h2-5,10H,1,6-9H2,(H,24,25). The van der Waals surface area contributed by atoms with Gasteiger partial charge in [-0.15, -0.1) is 0 Å². The molecule has 31 heavy (non-hydrogen) atoms. The molecule has 9 nitrogen and oxygen atoms in total. The first-order valence-corrected chi connectivity index (χ1v) is 9.38. The molecule has 1 N–H and O–H groups in total. The van der Waals surface area contributed by atoms with Gasteiger partial charge in [0.15, 0.2) is 5.69 Å². The number of fused-ring (bicyclic) bond motifs is 1. The van der Waals surface area contributed by atoms with Crippen molar-refractivity contribution in [1.29, 1.82) is 5.26 Å². The van der Waals surface area contributed by atoms with Gasteiger partial charge in [0.2, 0.25) is 5.95 Å². The first-order chi connectivity index (χ1) is 14.8. The Bertz CT molecular complexity index is 1190. The monoisotopic (exact) mass is 431 g/mol. The molecular formula is C19H16F3N7O2. The molecule has 3 heterocycles. The number of nitriles is 1. The molecule has 4 rings (SSSR count). The second kappa shape index (κ2) is 7.75. The number of alkyl halides is 3. The lowest BCUT2D eigenvalue weighted by molar-refractivity contribution is -0.384. The first-order valence-electron chi connectivity index (χ1n) is 9.38. The second-order valence-electron chi connectivity index (χ2n) is 7.02. The predicted molar refractivity (Wildman–Crippen MR) is 106 cm³/mol. The fraction of sp³-hybridized carbons (Fsp3) is 0.316. The molecule has 3 aromatic rings. The summed E-state index contributed by atoms with van der Waals surface area (Å²) in [7, 11) is 0. The van der Waals surface area contributed by atoms with Crippen LogP contribution in [0.5, 0.6) is 0 Å². The number of nitrogens with one attached hydrogen (secondary N) is 1. The van der Waals surface area contributed by atoms with Crippen molar-refractivity contribution in [3.63, 3.8) is 0 Å². The minimum Gasteiger partial charge on any atom is -0.355 e. The molecule has 0 unspecified atom stereocenters. The van der Waals surface area contributed by atoms with E-state index >= 15 is 0 Å². The topological polar surface area (TPSA) is 115 Å². The molecule has 0 amide bonds. The van der Waals surface area contributed by atoms with Crippen LogP contribution in [0.4, 0.5) is 30.6 Å². The predicted octanol–water partition coefficient (Wildman–Crippen LogP) is 3.47. The number of aromatic nitrogens is 3. The van der Waals surface area contributed by atoms with Crippen LogP contribution >= 0.6 is 0 Å². The largest absolute Gasteiger partial charge is 0.434 e. The van der Waals surface area contributed by atoms with E-state index in [9.17, 15) is 23.3 Å². The molecule has 0 bridgehead atoms. The minimum atomic E-state index is -4.71. The zero-order valence-electron chi connectivity index (χ0n) is 16.1. The Hall–Kier alpha value is -3.88. The number of nitrogens with zero attached hydrogens (tertiary/aromatic N) is 6. The molecule has 1 fully saturated rings. The van der Waals surface area contributed by atoms with Gasteiger partial charge in [0.25, 0.3) is 5.69 Å². The Kier molecular flexibility index (Phi) is 5.10. The highest BCUT2D eigenvalue weighted by Crippen LogP contribution is 2.32.